The molecule has 0 unspecified atom stereocenters. The molecule has 0 amide bonds. The molecule has 80 valence electrons. The van der Waals surface area contributed by atoms with Gasteiger partial charge in [0.2, 0.25) is 0 Å². The van der Waals surface area contributed by atoms with Crippen LogP contribution in [-0.2, 0) is 0 Å². The van der Waals surface area contributed by atoms with Gasteiger partial charge in [-0.05, 0) is 31.5 Å². The third-order valence-corrected chi connectivity index (χ3v) is 2.47. The number of hydrogen-bond acceptors (Lipinski definition) is 1. The number of rotatable bonds is 2. The van der Waals surface area contributed by atoms with Crippen molar-refractivity contribution in [1.29, 1.82) is 0 Å². The highest BCUT2D eigenvalue weighted by Gasteiger charge is 1.89. The third kappa shape index (κ3) is 2.80. The van der Waals surface area contributed by atoms with Crippen LogP contribution in [0.1, 0.15) is 16.7 Å². The topological polar surface area (TPSA) is 12.4 Å². The van der Waals surface area contributed by atoms with Crippen LogP contribution in [0.5, 0.6) is 0 Å². The maximum atomic E-state index is 4.42. The van der Waals surface area contributed by atoms with Crippen molar-refractivity contribution >= 4 is 11.9 Å². The highest BCUT2D eigenvalue weighted by Crippen LogP contribution is 2.12. The molecule has 0 aromatic heterocycles. The van der Waals surface area contributed by atoms with Crippen molar-refractivity contribution in [3.8, 4) is 0 Å². The average Bonchev–Trinajstić information content (AvgIpc) is 2.30. The first-order chi connectivity index (χ1) is 7.74. The van der Waals surface area contributed by atoms with Gasteiger partial charge in [0, 0.05) is 6.21 Å². The summed E-state index contributed by atoms with van der Waals surface area (Å²) < 4.78 is 0. The zero-order chi connectivity index (χ0) is 11.4. The maximum absolute atomic E-state index is 4.42. The van der Waals surface area contributed by atoms with Gasteiger partial charge in [0.15, 0.2) is 0 Å². The standard InChI is InChI=1S/C15H15N/c1-12-3-7-14(8-4-12)11-16-15-9-5-13(2)6-10-15/h3-11H,1-2H3/b16-11-. The molecule has 0 aliphatic heterocycles. The molecular formula is C15H15N. The van der Waals surface area contributed by atoms with Crippen molar-refractivity contribution in [3.05, 3.63) is 65.2 Å². The quantitative estimate of drug-likeness (QED) is 0.661. The molecule has 0 spiro atoms. The maximum Gasteiger partial charge on any atom is 0.0630 e. The molecule has 2 aromatic rings. The lowest BCUT2D eigenvalue weighted by atomic mass is 10.2. The lowest BCUT2D eigenvalue weighted by molar-refractivity contribution is 1.43. The van der Waals surface area contributed by atoms with E-state index in [-0.39, 0.29) is 0 Å². The molecule has 0 atom stereocenters. The summed E-state index contributed by atoms with van der Waals surface area (Å²) in [7, 11) is 0. The minimum Gasteiger partial charge on any atom is -0.256 e. The van der Waals surface area contributed by atoms with E-state index in [0.717, 1.165) is 11.3 Å². The van der Waals surface area contributed by atoms with Crippen LogP contribution in [0.25, 0.3) is 0 Å². The smallest absolute Gasteiger partial charge is 0.0630 e. The normalized spacial score (nSPS) is 10.9. The predicted molar refractivity (Wildman–Crippen MR) is 69.6 cm³/mol. The second-order valence-electron chi connectivity index (χ2n) is 4.00. The minimum atomic E-state index is 0.992. The SMILES string of the molecule is Cc1ccc(/C=N\c2ccc(C)cc2)cc1. The van der Waals surface area contributed by atoms with Crippen LogP contribution < -0.4 is 0 Å². The van der Waals surface area contributed by atoms with Crippen molar-refractivity contribution in [3.63, 3.8) is 0 Å². The van der Waals surface area contributed by atoms with E-state index in [0.29, 0.717) is 0 Å². The van der Waals surface area contributed by atoms with Gasteiger partial charge in [0.1, 0.15) is 0 Å². The molecule has 16 heavy (non-hydrogen) atoms. The Hall–Kier alpha value is -1.89. The first-order valence-electron chi connectivity index (χ1n) is 5.41. The zero-order valence-corrected chi connectivity index (χ0v) is 9.64. The summed E-state index contributed by atoms with van der Waals surface area (Å²) in [5.41, 5.74) is 4.65. The molecule has 0 aliphatic carbocycles. The van der Waals surface area contributed by atoms with Crippen molar-refractivity contribution in [2.45, 2.75) is 13.8 Å². The van der Waals surface area contributed by atoms with E-state index in [1.54, 1.807) is 0 Å². The number of aliphatic imine (C=N–C) groups is 1. The van der Waals surface area contributed by atoms with Gasteiger partial charge in [0.25, 0.3) is 0 Å². The monoisotopic (exact) mass is 209 g/mol. The fourth-order valence-electron chi connectivity index (χ4n) is 1.43. The second kappa shape index (κ2) is 4.75. The van der Waals surface area contributed by atoms with Crippen LogP contribution in [-0.4, -0.2) is 6.21 Å². The Labute approximate surface area is 96.5 Å². The van der Waals surface area contributed by atoms with E-state index in [1.165, 1.54) is 11.1 Å². The number of hydrogen-bond donors (Lipinski definition) is 0. The van der Waals surface area contributed by atoms with Crippen LogP contribution in [0.15, 0.2) is 53.5 Å². The van der Waals surface area contributed by atoms with Gasteiger partial charge in [-0.3, -0.25) is 4.99 Å². The summed E-state index contributed by atoms with van der Waals surface area (Å²) in [6.07, 6.45) is 1.89. The van der Waals surface area contributed by atoms with E-state index in [9.17, 15) is 0 Å². The van der Waals surface area contributed by atoms with Crippen molar-refractivity contribution in [1.82, 2.24) is 0 Å². The summed E-state index contributed by atoms with van der Waals surface area (Å²) in [6.45, 7) is 4.16. The summed E-state index contributed by atoms with van der Waals surface area (Å²) in [4.78, 5) is 4.42. The first-order valence-corrected chi connectivity index (χ1v) is 5.41. The van der Waals surface area contributed by atoms with E-state index in [4.69, 9.17) is 0 Å². The molecule has 2 aromatic carbocycles. The fraction of sp³-hybridized carbons (Fsp3) is 0.133. The second-order valence-corrected chi connectivity index (χ2v) is 4.00. The Morgan fingerprint density at radius 2 is 1.25 bits per heavy atom. The van der Waals surface area contributed by atoms with Crippen LogP contribution in [0.2, 0.25) is 0 Å². The molecule has 0 aliphatic rings. The van der Waals surface area contributed by atoms with Gasteiger partial charge >= 0.3 is 0 Å². The van der Waals surface area contributed by atoms with Gasteiger partial charge in [-0.2, -0.15) is 0 Å². The number of benzene rings is 2. The summed E-state index contributed by atoms with van der Waals surface area (Å²) in [5, 5.41) is 0. The summed E-state index contributed by atoms with van der Waals surface area (Å²) in [6, 6.07) is 16.5. The molecule has 0 saturated carbocycles. The van der Waals surface area contributed by atoms with E-state index >= 15 is 0 Å². The Balaban J connectivity index is 2.15. The van der Waals surface area contributed by atoms with Gasteiger partial charge < -0.3 is 0 Å². The molecule has 0 bridgehead atoms. The molecule has 1 nitrogen and oxygen atoms in total. The Morgan fingerprint density at radius 1 is 0.750 bits per heavy atom. The van der Waals surface area contributed by atoms with E-state index in [2.05, 4.69) is 55.2 Å². The highest BCUT2D eigenvalue weighted by molar-refractivity contribution is 5.81. The lowest BCUT2D eigenvalue weighted by Crippen LogP contribution is -1.80. The third-order valence-electron chi connectivity index (χ3n) is 2.47. The average molecular weight is 209 g/mol. The number of aryl methyl sites for hydroxylation is 2. The molecule has 0 fully saturated rings. The largest absolute Gasteiger partial charge is 0.256 e. The zero-order valence-electron chi connectivity index (χ0n) is 9.64. The van der Waals surface area contributed by atoms with Gasteiger partial charge in [-0.25, -0.2) is 0 Å². The number of nitrogens with zero attached hydrogens (tertiary/aromatic N) is 1. The fourth-order valence-corrected chi connectivity index (χ4v) is 1.43. The molecular weight excluding hydrogens is 194 g/mol. The van der Waals surface area contributed by atoms with Gasteiger partial charge in [0.05, 0.1) is 5.69 Å². The molecule has 2 rings (SSSR count). The first kappa shape index (κ1) is 10.6. The van der Waals surface area contributed by atoms with Gasteiger partial charge in [-0.1, -0.05) is 47.5 Å². The van der Waals surface area contributed by atoms with Crippen LogP contribution >= 0.6 is 0 Å². The van der Waals surface area contributed by atoms with E-state index < -0.39 is 0 Å². The van der Waals surface area contributed by atoms with Crippen molar-refractivity contribution < 1.29 is 0 Å². The molecule has 0 radical (unpaired) electrons. The van der Waals surface area contributed by atoms with Gasteiger partial charge in [-0.15, -0.1) is 0 Å². The predicted octanol–water partition coefficient (Wildman–Crippen LogP) is 4.05. The lowest BCUT2D eigenvalue weighted by Gasteiger charge is -1.96. The van der Waals surface area contributed by atoms with Crippen molar-refractivity contribution in [2.24, 2.45) is 4.99 Å². The molecule has 1 heteroatoms. The summed E-state index contributed by atoms with van der Waals surface area (Å²) in [5.74, 6) is 0. The minimum absolute atomic E-state index is 0.992. The highest BCUT2D eigenvalue weighted by atomic mass is 14.7. The van der Waals surface area contributed by atoms with Crippen LogP contribution in [0.3, 0.4) is 0 Å². The van der Waals surface area contributed by atoms with Crippen LogP contribution in [0.4, 0.5) is 5.69 Å². The Bertz CT molecular complexity index is 430. The summed E-state index contributed by atoms with van der Waals surface area (Å²) >= 11 is 0. The van der Waals surface area contributed by atoms with Crippen LogP contribution in [0, 0.1) is 13.8 Å². The molecule has 0 heterocycles. The Kier molecular flexibility index (Phi) is 3.16. The van der Waals surface area contributed by atoms with E-state index in [1.807, 2.05) is 18.3 Å². The Morgan fingerprint density at radius 3 is 1.81 bits per heavy atom. The molecule has 0 saturated heterocycles. The molecule has 0 N–H and O–H groups in total. The van der Waals surface area contributed by atoms with Crippen molar-refractivity contribution in [2.75, 3.05) is 0 Å².